The van der Waals surface area contributed by atoms with Gasteiger partial charge in [-0.2, -0.15) is 0 Å². The highest BCUT2D eigenvalue weighted by molar-refractivity contribution is 9.10. The third-order valence-electron chi connectivity index (χ3n) is 2.95. The van der Waals surface area contributed by atoms with Crippen LogP contribution in [0.2, 0.25) is 0 Å². The lowest BCUT2D eigenvalue weighted by Gasteiger charge is -2.14. The third-order valence-corrected chi connectivity index (χ3v) is 4.07. The molecule has 2 aromatic carbocycles. The fourth-order valence-electron chi connectivity index (χ4n) is 1.88. The number of ether oxygens (including phenoxy) is 1. The molecular weight excluding hydrogens is 350 g/mol. The summed E-state index contributed by atoms with van der Waals surface area (Å²) in [7, 11) is 1.57. The van der Waals surface area contributed by atoms with Gasteiger partial charge in [-0.25, -0.2) is 8.78 Å². The van der Waals surface area contributed by atoms with E-state index in [1.807, 2.05) is 6.07 Å². The van der Waals surface area contributed by atoms with E-state index >= 15 is 0 Å². The summed E-state index contributed by atoms with van der Waals surface area (Å²) >= 11 is 9.75. The van der Waals surface area contributed by atoms with E-state index in [9.17, 15) is 8.78 Å². The molecule has 2 rings (SSSR count). The van der Waals surface area contributed by atoms with Crippen LogP contribution in [0.1, 0.15) is 16.5 Å². The fourth-order valence-corrected chi connectivity index (χ4v) is 2.88. The number of methoxy groups -OCH3 is 1. The van der Waals surface area contributed by atoms with Crippen molar-refractivity contribution in [2.75, 3.05) is 7.11 Å². The summed E-state index contributed by atoms with van der Waals surface area (Å²) in [5, 5.41) is -0.445. The highest BCUT2D eigenvalue weighted by Gasteiger charge is 2.16. The Morgan fingerprint density at radius 1 is 1.20 bits per heavy atom. The van der Waals surface area contributed by atoms with Crippen LogP contribution in [0, 0.1) is 11.6 Å². The number of benzene rings is 2. The third kappa shape index (κ3) is 3.49. The maximum Gasteiger partial charge on any atom is 0.129 e. The van der Waals surface area contributed by atoms with Crippen LogP contribution in [0.15, 0.2) is 40.9 Å². The number of alkyl halides is 1. The van der Waals surface area contributed by atoms with E-state index < -0.39 is 17.0 Å². The van der Waals surface area contributed by atoms with Gasteiger partial charge in [0.15, 0.2) is 0 Å². The summed E-state index contributed by atoms with van der Waals surface area (Å²) in [6, 6.07) is 8.92. The van der Waals surface area contributed by atoms with Gasteiger partial charge in [-0.05, 0) is 41.8 Å². The van der Waals surface area contributed by atoms with Crippen LogP contribution in [-0.4, -0.2) is 7.11 Å². The SMILES string of the molecule is COc1ccc(Br)c(C(Cl)Cc2ccc(F)cc2F)c1. The van der Waals surface area contributed by atoms with Gasteiger partial charge in [-0.1, -0.05) is 22.0 Å². The van der Waals surface area contributed by atoms with Crippen molar-refractivity contribution in [3.63, 3.8) is 0 Å². The van der Waals surface area contributed by atoms with Crippen molar-refractivity contribution in [1.29, 1.82) is 0 Å². The van der Waals surface area contributed by atoms with Gasteiger partial charge in [-0.3, -0.25) is 0 Å². The van der Waals surface area contributed by atoms with Crippen molar-refractivity contribution in [2.24, 2.45) is 0 Å². The average molecular weight is 362 g/mol. The van der Waals surface area contributed by atoms with Gasteiger partial charge < -0.3 is 4.74 Å². The maximum atomic E-state index is 13.6. The van der Waals surface area contributed by atoms with Crippen LogP contribution in [0.3, 0.4) is 0 Å². The summed E-state index contributed by atoms with van der Waals surface area (Å²) < 4.78 is 32.5. The minimum absolute atomic E-state index is 0.263. The number of rotatable bonds is 4. The van der Waals surface area contributed by atoms with Crippen molar-refractivity contribution in [1.82, 2.24) is 0 Å². The van der Waals surface area contributed by atoms with Crippen molar-refractivity contribution < 1.29 is 13.5 Å². The zero-order valence-electron chi connectivity index (χ0n) is 10.7. The Morgan fingerprint density at radius 3 is 2.60 bits per heavy atom. The number of hydrogen-bond donors (Lipinski definition) is 0. The first-order valence-electron chi connectivity index (χ1n) is 5.92. The Labute approximate surface area is 129 Å². The molecule has 0 heterocycles. The molecular formula is C15H12BrClF2O. The number of hydrogen-bond acceptors (Lipinski definition) is 1. The Bertz CT molecular complexity index is 619. The first-order valence-corrected chi connectivity index (χ1v) is 7.15. The fraction of sp³-hybridized carbons (Fsp3) is 0.200. The highest BCUT2D eigenvalue weighted by atomic mass is 79.9. The number of halogens is 4. The zero-order valence-corrected chi connectivity index (χ0v) is 13.0. The van der Waals surface area contributed by atoms with Crippen molar-refractivity contribution in [3.8, 4) is 5.75 Å². The normalized spacial score (nSPS) is 12.2. The van der Waals surface area contributed by atoms with E-state index in [0.717, 1.165) is 16.1 Å². The summed E-state index contributed by atoms with van der Waals surface area (Å²) in [6.07, 6.45) is 0.263. The lowest BCUT2D eigenvalue weighted by atomic mass is 10.0. The topological polar surface area (TPSA) is 9.23 Å². The molecule has 0 spiro atoms. The molecule has 1 unspecified atom stereocenters. The van der Waals surface area contributed by atoms with Crippen molar-refractivity contribution in [3.05, 3.63) is 63.6 Å². The van der Waals surface area contributed by atoms with Gasteiger partial charge in [0.1, 0.15) is 17.4 Å². The molecule has 0 aliphatic carbocycles. The van der Waals surface area contributed by atoms with Gasteiger partial charge >= 0.3 is 0 Å². The standard InChI is InChI=1S/C15H12BrClF2O/c1-20-11-4-5-13(16)12(8-11)14(17)6-9-2-3-10(18)7-15(9)19/h2-5,7-8,14H,6H2,1H3. The first kappa shape index (κ1) is 15.3. The molecule has 0 saturated heterocycles. The predicted octanol–water partition coefficient (Wildman–Crippen LogP) is 5.26. The van der Waals surface area contributed by atoms with E-state index in [0.29, 0.717) is 11.3 Å². The summed E-state index contributed by atoms with van der Waals surface area (Å²) in [6.45, 7) is 0. The molecule has 0 aliphatic heterocycles. The Balaban J connectivity index is 2.25. The molecule has 106 valence electrons. The smallest absolute Gasteiger partial charge is 0.129 e. The molecule has 0 radical (unpaired) electrons. The molecule has 0 aliphatic rings. The van der Waals surface area contributed by atoms with Gasteiger partial charge in [-0.15, -0.1) is 11.6 Å². The Morgan fingerprint density at radius 2 is 1.95 bits per heavy atom. The molecule has 1 nitrogen and oxygen atoms in total. The molecule has 0 amide bonds. The van der Waals surface area contributed by atoms with Gasteiger partial charge in [0, 0.05) is 10.5 Å². The Kier molecular flexibility index (Phi) is 5.00. The predicted molar refractivity (Wildman–Crippen MR) is 79.4 cm³/mol. The molecule has 0 saturated carbocycles. The van der Waals surface area contributed by atoms with E-state index in [-0.39, 0.29) is 6.42 Å². The monoisotopic (exact) mass is 360 g/mol. The first-order chi connectivity index (χ1) is 9.51. The molecule has 5 heteroatoms. The maximum absolute atomic E-state index is 13.6. The lowest BCUT2D eigenvalue weighted by Crippen LogP contribution is -2.00. The van der Waals surface area contributed by atoms with E-state index in [1.165, 1.54) is 12.1 Å². The molecule has 1 atom stereocenters. The largest absolute Gasteiger partial charge is 0.497 e. The second-order valence-electron chi connectivity index (χ2n) is 4.29. The molecule has 0 aromatic heterocycles. The van der Waals surface area contributed by atoms with Crippen LogP contribution in [0.5, 0.6) is 5.75 Å². The quantitative estimate of drug-likeness (QED) is 0.675. The molecule has 0 N–H and O–H groups in total. The molecule has 20 heavy (non-hydrogen) atoms. The van der Waals surface area contributed by atoms with E-state index in [2.05, 4.69) is 15.9 Å². The van der Waals surface area contributed by atoms with Gasteiger partial charge in [0.2, 0.25) is 0 Å². The summed E-state index contributed by atoms with van der Waals surface area (Å²) in [5.74, 6) is -0.511. The zero-order chi connectivity index (χ0) is 14.7. The second kappa shape index (κ2) is 6.55. The van der Waals surface area contributed by atoms with Crippen LogP contribution in [0.25, 0.3) is 0 Å². The lowest BCUT2D eigenvalue weighted by molar-refractivity contribution is 0.414. The molecule has 0 fully saturated rings. The summed E-state index contributed by atoms with van der Waals surface area (Å²) in [5.41, 5.74) is 1.18. The minimum Gasteiger partial charge on any atom is -0.497 e. The van der Waals surface area contributed by atoms with Crippen LogP contribution < -0.4 is 4.74 Å². The Hall–Kier alpha value is -1.13. The van der Waals surface area contributed by atoms with E-state index in [4.69, 9.17) is 16.3 Å². The van der Waals surface area contributed by atoms with Crippen molar-refractivity contribution in [2.45, 2.75) is 11.8 Å². The minimum atomic E-state index is -0.597. The van der Waals surface area contributed by atoms with Crippen LogP contribution in [-0.2, 0) is 6.42 Å². The highest BCUT2D eigenvalue weighted by Crippen LogP contribution is 2.34. The molecule has 2 aromatic rings. The van der Waals surface area contributed by atoms with Gasteiger partial charge in [0.05, 0.1) is 12.5 Å². The van der Waals surface area contributed by atoms with Crippen LogP contribution >= 0.6 is 27.5 Å². The average Bonchev–Trinajstić information content (AvgIpc) is 2.42. The van der Waals surface area contributed by atoms with Gasteiger partial charge in [0.25, 0.3) is 0 Å². The second-order valence-corrected chi connectivity index (χ2v) is 5.68. The summed E-state index contributed by atoms with van der Waals surface area (Å²) in [4.78, 5) is 0. The molecule has 0 bridgehead atoms. The van der Waals surface area contributed by atoms with Crippen molar-refractivity contribution >= 4 is 27.5 Å². The van der Waals surface area contributed by atoms with Crippen LogP contribution in [0.4, 0.5) is 8.78 Å². The van der Waals surface area contributed by atoms with E-state index in [1.54, 1.807) is 19.2 Å².